The van der Waals surface area contributed by atoms with E-state index in [2.05, 4.69) is 21.1 Å². The Morgan fingerprint density at radius 2 is 0.875 bits per heavy atom. The van der Waals surface area contributed by atoms with E-state index in [1.807, 2.05) is 0 Å². The van der Waals surface area contributed by atoms with Crippen molar-refractivity contribution < 1.29 is 57.1 Å². The van der Waals surface area contributed by atoms with Crippen molar-refractivity contribution in [2.45, 2.75) is 26.7 Å². The zero-order valence-electron chi connectivity index (χ0n) is 31.7. The number of hydrogen-bond acceptors (Lipinski definition) is 14. The van der Waals surface area contributed by atoms with Gasteiger partial charge in [0.2, 0.25) is 11.8 Å². The molecule has 56 heavy (non-hydrogen) atoms. The van der Waals surface area contributed by atoms with Gasteiger partial charge in [-0.1, -0.05) is 0 Å². The molecular formula is C40H42N4O12. The van der Waals surface area contributed by atoms with Crippen LogP contribution in [-0.2, 0) is 9.59 Å². The van der Waals surface area contributed by atoms with Crippen molar-refractivity contribution in [1.29, 1.82) is 0 Å². The summed E-state index contributed by atoms with van der Waals surface area (Å²) >= 11 is 0. The minimum atomic E-state index is -0.631. The third-order valence-corrected chi connectivity index (χ3v) is 7.56. The molecule has 0 fully saturated rings. The molecule has 0 bridgehead atoms. The lowest BCUT2D eigenvalue weighted by molar-refractivity contribution is -0.126. The van der Waals surface area contributed by atoms with Gasteiger partial charge >= 0.3 is 11.9 Å². The second-order valence-corrected chi connectivity index (χ2v) is 11.3. The largest absolute Gasteiger partial charge is 0.493 e. The molecule has 0 heterocycles. The Hall–Kier alpha value is -7.10. The van der Waals surface area contributed by atoms with Gasteiger partial charge in [-0.15, -0.1) is 0 Å². The molecule has 294 valence electrons. The fourth-order valence-corrected chi connectivity index (χ4v) is 4.86. The van der Waals surface area contributed by atoms with E-state index in [0.717, 1.165) is 0 Å². The van der Waals surface area contributed by atoms with Crippen LogP contribution in [0.3, 0.4) is 0 Å². The van der Waals surface area contributed by atoms with E-state index in [-0.39, 0.29) is 47.0 Å². The van der Waals surface area contributed by atoms with E-state index < -0.39 is 23.8 Å². The highest BCUT2D eigenvalue weighted by Crippen LogP contribution is 2.33. The number of benzene rings is 4. The molecule has 0 spiro atoms. The third-order valence-electron chi connectivity index (χ3n) is 7.56. The highest BCUT2D eigenvalue weighted by molar-refractivity contribution is 5.93. The van der Waals surface area contributed by atoms with Crippen molar-refractivity contribution in [1.82, 2.24) is 10.9 Å². The number of hydrazone groups is 2. The van der Waals surface area contributed by atoms with E-state index >= 15 is 0 Å². The van der Waals surface area contributed by atoms with Crippen LogP contribution in [0, 0.1) is 0 Å². The number of ether oxygens (including phenoxy) is 8. The summed E-state index contributed by atoms with van der Waals surface area (Å²) < 4.78 is 43.4. The van der Waals surface area contributed by atoms with Gasteiger partial charge < -0.3 is 37.9 Å². The molecule has 0 aliphatic carbocycles. The number of nitrogens with zero attached hydrogens (tertiary/aromatic N) is 2. The molecule has 0 aliphatic rings. The molecule has 2 amide bonds. The number of rotatable bonds is 19. The lowest BCUT2D eigenvalue weighted by Gasteiger charge is -2.12. The minimum absolute atomic E-state index is 0.164. The second-order valence-electron chi connectivity index (χ2n) is 11.3. The van der Waals surface area contributed by atoms with E-state index in [1.165, 1.54) is 53.0 Å². The molecule has 4 aromatic carbocycles. The molecule has 4 aromatic rings. The fourth-order valence-electron chi connectivity index (χ4n) is 4.86. The standard InChI is InChI=1S/C40H42N4O12/c1-7-53-35-19-25(9-13-31(35)55-39(47)27-11-15-29(49-3)33(21-27)51-5)23-41-43-37(45)17-18-38(46)44-42-24-26-10-14-32(36(20-26)54-8-2)56-40(48)28-12-16-30(50-4)34(22-28)52-6/h9-16,19-24H,7-8,17-18H2,1-6H3,(H,43,45)(H,44,46). The number of carbonyl (C=O) groups is 4. The van der Waals surface area contributed by atoms with Gasteiger partial charge in [-0.05, 0) is 97.8 Å². The van der Waals surface area contributed by atoms with Crippen LogP contribution in [0.25, 0.3) is 0 Å². The molecule has 0 saturated carbocycles. The topological polar surface area (TPSA) is 191 Å². The van der Waals surface area contributed by atoms with Gasteiger partial charge in [0.1, 0.15) is 0 Å². The Kier molecular flexibility index (Phi) is 15.6. The first-order chi connectivity index (χ1) is 27.1. The predicted molar refractivity (Wildman–Crippen MR) is 205 cm³/mol. The van der Waals surface area contributed by atoms with Crippen molar-refractivity contribution >= 4 is 36.2 Å². The zero-order chi connectivity index (χ0) is 40.5. The minimum Gasteiger partial charge on any atom is -0.493 e. The van der Waals surface area contributed by atoms with Crippen molar-refractivity contribution in [2.24, 2.45) is 10.2 Å². The number of hydrogen-bond donors (Lipinski definition) is 2. The highest BCUT2D eigenvalue weighted by Gasteiger charge is 2.18. The lowest BCUT2D eigenvalue weighted by Crippen LogP contribution is -2.22. The average Bonchev–Trinajstić information content (AvgIpc) is 3.21. The molecule has 0 radical (unpaired) electrons. The molecule has 0 atom stereocenters. The number of methoxy groups -OCH3 is 4. The molecule has 2 N–H and O–H groups in total. The molecule has 0 saturated heterocycles. The first-order valence-corrected chi connectivity index (χ1v) is 17.2. The zero-order valence-corrected chi connectivity index (χ0v) is 31.7. The van der Waals surface area contributed by atoms with Crippen molar-refractivity contribution in [3.63, 3.8) is 0 Å². The van der Waals surface area contributed by atoms with Crippen LogP contribution < -0.4 is 48.7 Å². The Balaban J connectivity index is 1.26. The maximum absolute atomic E-state index is 12.8. The maximum Gasteiger partial charge on any atom is 0.343 e. The first kappa shape index (κ1) is 41.7. The Labute approximate surface area is 323 Å². The van der Waals surface area contributed by atoms with Crippen molar-refractivity contribution in [2.75, 3.05) is 41.7 Å². The van der Waals surface area contributed by atoms with E-state index in [9.17, 15) is 19.2 Å². The Morgan fingerprint density at radius 3 is 1.23 bits per heavy atom. The predicted octanol–water partition coefficient (Wildman–Crippen LogP) is 5.34. The third kappa shape index (κ3) is 11.7. The normalized spacial score (nSPS) is 10.8. The van der Waals surface area contributed by atoms with Gasteiger partial charge in [0.25, 0.3) is 0 Å². The SMILES string of the molecule is CCOc1cc(C=NNC(=O)CCC(=O)NN=Cc2ccc(OC(=O)c3ccc(OC)c(OC)c3)c(OCC)c2)ccc1OC(=O)c1ccc(OC)c(OC)c1. The quantitative estimate of drug-likeness (QED) is 0.0540. The molecule has 4 rings (SSSR count). The highest BCUT2D eigenvalue weighted by atomic mass is 16.6. The Morgan fingerprint density at radius 1 is 0.500 bits per heavy atom. The van der Waals surface area contributed by atoms with Crippen LogP contribution in [0.5, 0.6) is 46.0 Å². The number of carbonyl (C=O) groups excluding carboxylic acids is 4. The monoisotopic (exact) mass is 770 g/mol. The molecule has 0 aliphatic heterocycles. The molecular weight excluding hydrogens is 728 g/mol. The van der Waals surface area contributed by atoms with E-state index in [4.69, 9.17) is 37.9 Å². The van der Waals surface area contributed by atoms with Crippen LogP contribution >= 0.6 is 0 Å². The summed E-state index contributed by atoms with van der Waals surface area (Å²) in [6.45, 7) is 4.15. The van der Waals surface area contributed by atoms with Crippen molar-refractivity contribution in [3.05, 3.63) is 95.1 Å². The van der Waals surface area contributed by atoms with Crippen LogP contribution in [0.4, 0.5) is 0 Å². The maximum atomic E-state index is 12.8. The second kappa shape index (κ2) is 21.0. The Bertz CT molecular complexity index is 1940. The summed E-state index contributed by atoms with van der Waals surface area (Å²) in [4.78, 5) is 50.4. The molecule has 0 unspecified atom stereocenters. The van der Waals surface area contributed by atoms with Crippen LogP contribution in [-0.4, -0.2) is 77.8 Å². The first-order valence-electron chi connectivity index (χ1n) is 17.2. The van der Waals surface area contributed by atoms with Crippen LogP contribution in [0.15, 0.2) is 83.0 Å². The van der Waals surface area contributed by atoms with Gasteiger partial charge in [0.15, 0.2) is 46.0 Å². The molecule has 16 nitrogen and oxygen atoms in total. The van der Waals surface area contributed by atoms with Gasteiger partial charge in [-0.2, -0.15) is 10.2 Å². The number of amides is 2. The number of nitrogens with one attached hydrogen (secondary N) is 2. The van der Waals surface area contributed by atoms with Crippen LogP contribution in [0.1, 0.15) is 58.5 Å². The summed E-state index contributed by atoms with van der Waals surface area (Å²) in [6.07, 6.45) is 2.43. The summed E-state index contributed by atoms with van der Waals surface area (Å²) in [5.41, 5.74) is 6.32. The van der Waals surface area contributed by atoms with Gasteiger partial charge in [-0.3, -0.25) is 9.59 Å². The van der Waals surface area contributed by atoms with Gasteiger partial charge in [-0.25, -0.2) is 20.4 Å². The van der Waals surface area contributed by atoms with E-state index in [1.54, 1.807) is 74.5 Å². The smallest absolute Gasteiger partial charge is 0.343 e. The summed E-state index contributed by atoms with van der Waals surface area (Å²) in [7, 11) is 5.92. The van der Waals surface area contributed by atoms with Gasteiger partial charge in [0.05, 0.1) is 65.2 Å². The average molecular weight is 771 g/mol. The van der Waals surface area contributed by atoms with Crippen molar-refractivity contribution in [3.8, 4) is 46.0 Å². The molecule has 0 aromatic heterocycles. The van der Waals surface area contributed by atoms with E-state index in [0.29, 0.717) is 47.3 Å². The van der Waals surface area contributed by atoms with Crippen LogP contribution in [0.2, 0.25) is 0 Å². The number of esters is 2. The lowest BCUT2D eigenvalue weighted by atomic mass is 10.2. The summed E-state index contributed by atoms with van der Waals surface area (Å²) in [6, 6.07) is 18.8. The molecule has 16 heteroatoms. The summed E-state index contributed by atoms with van der Waals surface area (Å²) in [5.74, 6) is 0.344. The summed E-state index contributed by atoms with van der Waals surface area (Å²) in [5, 5.41) is 7.90. The fraction of sp³-hybridized carbons (Fsp3) is 0.250. The van der Waals surface area contributed by atoms with Gasteiger partial charge in [0, 0.05) is 12.8 Å².